The van der Waals surface area contributed by atoms with Gasteiger partial charge < -0.3 is 10.1 Å². The van der Waals surface area contributed by atoms with Gasteiger partial charge in [-0.25, -0.2) is 0 Å². The molecule has 0 spiro atoms. The number of hydrogen-bond acceptors (Lipinski definition) is 2. The van der Waals surface area contributed by atoms with Crippen LogP contribution in [0.25, 0.3) is 0 Å². The van der Waals surface area contributed by atoms with E-state index in [2.05, 4.69) is 26.1 Å². The zero-order chi connectivity index (χ0) is 12.1. The SMILES string of the molecule is CCCCCCCOCCCC(C)NCC. The molecule has 16 heavy (non-hydrogen) atoms. The molecule has 0 fully saturated rings. The van der Waals surface area contributed by atoms with Crippen molar-refractivity contribution in [3.8, 4) is 0 Å². The minimum atomic E-state index is 0.637. The van der Waals surface area contributed by atoms with Crippen LogP contribution >= 0.6 is 0 Å². The van der Waals surface area contributed by atoms with E-state index in [1.807, 2.05) is 0 Å². The maximum Gasteiger partial charge on any atom is 0.0466 e. The van der Waals surface area contributed by atoms with Crippen LogP contribution < -0.4 is 5.32 Å². The quantitative estimate of drug-likeness (QED) is 0.515. The third kappa shape index (κ3) is 12.0. The Morgan fingerprint density at radius 2 is 1.62 bits per heavy atom. The van der Waals surface area contributed by atoms with Crippen LogP contribution in [0.1, 0.15) is 65.7 Å². The average molecular weight is 229 g/mol. The molecule has 0 rings (SSSR count). The van der Waals surface area contributed by atoms with Crippen LogP contribution in [0.4, 0.5) is 0 Å². The van der Waals surface area contributed by atoms with Crippen LogP contribution in [-0.2, 0) is 4.74 Å². The fourth-order valence-corrected chi connectivity index (χ4v) is 1.85. The van der Waals surface area contributed by atoms with E-state index in [-0.39, 0.29) is 0 Å². The molecule has 1 unspecified atom stereocenters. The molecule has 1 atom stereocenters. The van der Waals surface area contributed by atoms with Crippen LogP contribution in [0.2, 0.25) is 0 Å². The number of rotatable bonds is 12. The van der Waals surface area contributed by atoms with Crippen LogP contribution in [0, 0.1) is 0 Å². The molecule has 2 heteroatoms. The Bertz CT molecular complexity index is 128. The number of unbranched alkanes of at least 4 members (excludes halogenated alkanes) is 4. The van der Waals surface area contributed by atoms with Gasteiger partial charge in [0.15, 0.2) is 0 Å². The van der Waals surface area contributed by atoms with Gasteiger partial charge in [-0.2, -0.15) is 0 Å². The van der Waals surface area contributed by atoms with E-state index in [0.29, 0.717) is 6.04 Å². The van der Waals surface area contributed by atoms with Crippen LogP contribution in [0.5, 0.6) is 0 Å². The van der Waals surface area contributed by atoms with Crippen molar-refractivity contribution in [3.63, 3.8) is 0 Å². The summed E-state index contributed by atoms with van der Waals surface area (Å²) in [4.78, 5) is 0. The summed E-state index contributed by atoms with van der Waals surface area (Å²) in [7, 11) is 0. The molecule has 2 nitrogen and oxygen atoms in total. The van der Waals surface area contributed by atoms with Crippen molar-refractivity contribution in [2.45, 2.75) is 71.8 Å². The summed E-state index contributed by atoms with van der Waals surface area (Å²) in [5, 5.41) is 3.42. The van der Waals surface area contributed by atoms with E-state index < -0.39 is 0 Å². The molecule has 0 aliphatic carbocycles. The van der Waals surface area contributed by atoms with E-state index in [1.165, 1.54) is 44.9 Å². The highest BCUT2D eigenvalue weighted by atomic mass is 16.5. The summed E-state index contributed by atoms with van der Waals surface area (Å²) >= 11 is 0. The molecule has 1 N–H and O–H groups in total. The molecule has 0 aliphatic heterocycles. The highest BCUT2D eigenvalue weighted by Crippen LogP contribution is 2.03. The fraction of sp³-hybridized carbons (Fsp3) is 1.00. The molecule has 0 aromatic carbocycles. The first-order valence-corrected chi connectivity index (χ1v) is 7.12. The Kier molecular flexibility index (Phi) is 12.9. The van der Waals surface area contributed by atoms with Gasteiger partial charge in [0, 0.05) is 19.3 Å². The first-order chi connectivity index (χ1) is 7.81. The Balaban J connectivity index is 2.98. The lowest BCUT2D eigenvalue weighted by Gasteiger charge is -2.11. The molecule has 0 heterocycles. The third-order valence-electron chi connectivity index (χ3n) is 2.87. The van der Waals surface area contributed by atoms with Gasteiger partial charge in [-0.05, 0) is 32.7 Å². The Morgan fingerprint density at radius 3 is 2.31 bits per heavy atom. The number of ether oxygens (including phenoxy) is 1. The van der Waals surface area contributed by atoms with Crippen LogP contribution in [0.15, 0.2) is 0 Å². The summed E-state index contributed by atoms with van der Waals surface area (Å²) < 4.78 is 5.61. The lowest BCUT2D eigenvalue weighted by atomic mass is 10.2. The normalized spacial score (nSPS) is 12.9. The van der Waals surface area contributed by atoms with Crippen LogP contribution in [-0.4, -0.2) is 25.8 Å². The van der Waals surface area contributed by atoms with E-state index in [4.69, 9.17) is 4.74 Å². The van der Waals surface area contributed by atoms with E-state index in [9.17, 15) is 0 Å². The summed E-state index contributed by atoms with van der Waals surface area (Å²) in [5.41, 5.74) is 0. The molecule has 0 saturated heterocycles. The molecule has 0 saturated carbocycles. The highest BCUT2D eigenvalue weighted by molar-refractivity contribution is 4.58. The Hall–Kier alpha value is -0.0800. The lowest BCUT2D eigenvalue weighted by Crippen LogP contribution is -2.25. The van der Waals surface area contributed by atoms with Crippen molar-refractivity contribution in [1.29, 1.82) is 0 Å². The third-order valence-corrected chi connectivity index (χ3v) is 2.87. The maximum atomic E-state index is 5.61. The summed E-state index contributed by atoms with van der Waals surface area (Å²) in [6.07, 6.45) is 9.05. The van der Waals surface area contributed by atoms with E-state index >= 15 is 0 Å². The molecular formula is C14H31NO. The largest absolute Gasteiger partial charge is 0.381 e. The van der Waals surface area contributed by atoms with Crippen molar-refractivity contribution in [2.75, 3.05) is 19.8 Å². The lowest BCUT2D eigenvalue weighted by molar-refractivity contribution is 0.124. The highest BCUT2D eigenvalue weighted by Gasteiger charge is 1.98. The van der Waals surface area contributed by atoms with Gasteiger partial charge in [-0.15, -0.1) is 0 Å². The molecule has 0 aliphatic rings. The van der Waals surface area contributed by atoms with Gasteiger partial charge in [0.1, 0.15) is 0 Å². The smallest absolute Gasteiger partial charge is 0.0466 e. The van der Waals surface area contributed by atoms with Crippen LogP contribution in [0.3, 0.4) is 0 Å². The van der Waals surface area contributed by atoms with Crippen molar-refractivity contribution >= 4 is 0 Å². The second kappa shape index (κ2) is 13.0. The minimum absolute atomic E-state index is 0.637. The molecular weight excluding hydrogens is 198 g/mol. The van der Waals surface area contributed by atoms with E-state index in [0.717, 1.165) is 19.8 Å². The number of hydrogen-bond donors (Lipinski definition) is 1. The minimum Gasteiger partial charge on any atom is -0.381 e. The topological polar surface area (TPSA) is 21.3 Å². The Morgan fingerprint density at radius 1 is 0.938 bits per heavy atom. The fourth-order valence-electron chi connectivity index (χ4n) is 1.85. The zero-order valence-corrected chi connectivity index (χ0v) is 11.6. The van der Waals surface area contributed by atoms with Gasteiger partial charge in [-0.1, -0.05) is 39.5 Å². The predicted molar refractivity (Wildman–Crippen MR) is 72.0 cm³/mol. The first kappa shape index (κ1) is 15.9. The molecule has 98 valence electrons. The van der Waals surface area contributed by atoms with Crippen molar-refractivity contribution in [3.05, 3.63) is 0 Å². The Labute approximate surface area is 102 Å². The summed E-state index contributed by atoms with van der Waals surface area (Å²) in [6, 6.07) is 0.637. The second-order valence-corrected chi connectivity index (χ2v) is 4.63. The monoisotopic (exact) mass is 229 g/mol. The van der Waals surface area contributed by atoms with Crippen molar-refractivity contribution in [2.24, 2.45) is 0 Å². The van der Waals surface area contributed by atoms with Gasteiger partial charge >= 0.3 is 0 Å². The number of nitrogens with one attached hydrogen (secondary N) is 1. The van der Waals surface area contributed by atoms with E-state index in [1.54, 1.807) is 0 Å². The van der Waals surface area contributed by atoms with Gasteiger partial charge in [-0.3, -0.25) is 0 Å². The standard InChI is InChI=1S/C14H31NO/c1-4-6-7-8-9-12-16-13-10-11-14(3)15-5-2/h14-15H,4-13H2,1-3H3. The van der Waals surface area contributed by atoms with Gasteiger partial charge in [0.25, 0.3) is 0 Å². The molecule has 0 radical (unpaired) electrons. The average Bonchev–Trinajstić information content (AvgIpc) is 2.27. The van der Waals surface area contributed by atoms with Gasteiger partial charge in [0.05, 0.1) is 0 Å². The molecule has 0 aromatic heterocycles. The molecule has 0 bridgehead atoms. The summed E-state index contributed by atoms with van der Waals surface area (Å²) in [6.45, 7) is 9.61. The first-order valence-electron chi connectivity index (χ1n) is 7.12. The van der Waals surface area contributed by atoms with Crippen molar-refractivity contribution in [1.82, 2.24) is 5.32 Å². The maximum absolute atomic E-state index is 5.61. The predicted octanol–water partition coefficient (Wildman–Crippen LogP) is 3.75. The van der Waals surface area contributed by atoms with Crippen molar-refractivity contribution < 1.29 is 4.74 Å². The van der Waals surface area contributed by atoms with Gasteiger partial charge in [0.2, 0.25) is 0 Å². The zero-order valence-electron chi connectivity index (χ0n) is 11.6. The molecule has 0 amide bonds. The summed E-state index contributed by atoms with van der Waals surface area (Å²) in [5.74, 6) is 0. The second-order valence-electron chi connectivity index (χ2n) is 4.63. The molecule has 0 aromatic rings.